The fourth-order valence-corrected chi connectivity index (χ4v) is 4.62. The molecule has 3 aliphatic heterocycles. The Labute approximate surface area is 186 Å². The fourth-order valence-electron chi connectivity index (χ4n) is 4.62. The Morgan fingerprint density at radius 1 is 0.969 bits per heavy atom. The lowest BCUT2D eigenvalue weighted by Crippen LogP contribution is -2.43. The van der Waals surface area contributed by atoms with Gasteiger partial charge in [0.05, 0.1) is 30.8 Å². The van der Waals surface area contributed by atoms with Crippen LogP contribution in [0, 0.1) is 0 Å². The van der Waals surface area contributed by atoms with Crippen molar-refractivity contribution in [2.24, 2.45) is 0 Å². The highest BCUT2D eigenvalue weighted by atomic mass is 16.5. The molecule has 0 bridgehead atoms. The number of fused-ring (bicyclic) bond motifs is 4. The first-order chi connectivity index (χ1) is 15.8. The van der Waals surface area contributed by atoms with Crippen LogP contribution in [0.5, 0.6) is 5.88 Å². The molecule has 2 N–H and O–H groups in total. The molecular formula is C23H25N7O2. The average Bonchev–Trinajstić information content (AvgIpc) is 2.86. The zero-order valence-corrected chi connectivity index (χ0v) is 17.8. The maximum atomic E-state index is 6.44. The van der Waals surface area contributed by atoms with E-state index in [0.29, 0.717) is 30.9 Å². The van der Waals surface area contributed by atoms with Crippen LogP contribution >= 0.6 is 0 Å². The smallest absolute Gasteiger partial charge is 0.228 e. The van der Waals surface area contributed by atoms with Gasteiger partial charge in [-0.1, -0.05) is 0 Å². The van der Waals surface area contributed by atoms with Crippen molar-refractivity contribution < 1.29 is 9.47 Å². The predicted molar refractivity (Wildman–Crippen MR) is 120 cm³/mol. The zero-order chi connectivity index (χ0) is 21.4. The third kappa shape index (κ3) is 3.43. The molecule has 0 saturated carbocycles. The molecule has 0 aromatic carbocycles. The Balaban J connectivity index is 1.31. The summed E-state index contributed by atoms with van der Waals surface area (Å²) in [5.74, 6) is 1.85. The molecule has 2 saturated heterocycles. The number of nitrogens with zero attached hydrogens (tertiary/aromatic N) is 5. The molecule has 164 valence electrons. The van der Waals surface area contributed by atoms with E-state index in [1.807, 2.05) is 30.6 Å². The van der Waals surface area contributed by atoms with Gasteiger partial charge in [0.1, 0.15) is 5.82 Å². The molecule has 32 heavy (non-hydrogen) atoms. The van der Waals surface area contributed by atoms with E-state index in [1.165, 1.54) is 0 Å². The molecule has 3 aromatic heterocycles. The van der Waals surface area contributed by atoms with Crippen LogP contribution in [0.1, 0.15) is 18.5 Å². The van der Waals surface area contributed by atoms with E-state index in [-0.39, 0.29) is 0 Å². The van der Waals surface area contributed by atoms with Gasteiger partial charge in [-0.3, -0.25) is 0 Å². The number of ether oxygens (including phenoxy) is 2. The molecule has 9 nitrogen and oxygen atoms in total. The van der Waals surface area contributed by atoms with Gasteiger partial charge < -0.3 is 25.0 Å². The quantitative estimate of drug-likeness (QED) is 0.648. The Morgan fingerprint density at radius 2 is 1.84 bits per heavy atom. The number of nitrogens with one attached hydrogen (secondary N) is 2. The predicted octanol–water partition coefficient (Wildman–Crippen LogP) is 2.48. The summed E-state index contributed by atoms with van der Waals surface area (Å²) in [6.07, 6.45) is 6.97. The first-order valence-corrected chi connectivity index (χ1v) is 11.1. The van der Waals surface area contributed by atoms with Crippen molar-refractivity contribution in [1.82, 2.24) is 25.3 Å². The molecule has 3 aromatic rings. The number of anilines is 3. The lowest BCUT2D eigenvalue weighted by Gasteiger charge is -2.40. The molecule has 0 unspecified atom stereocenters. The minimum Gasteiger partial charge on any atom is -0.464 e. The largest absolute Gasteiger partial charge is 0.464 e. The minimum atomic E-state index is -0.548. The Bertz CT molecular complexity index is 1110. The van der Waals surface area contributed by atoms with Crippen molar-refractivity contribution in [2.75, 3.05) is 49.6 Å². The van der Waals surface area contributed by atoms with Crippen molar-refractivity contribution in [3.05, 3.63) is 48.5 Å². The first-order valence-electron chi connectivity index (χ1n) is 11.1. The number of pyridine rings is 2. The summed E-state index contributed by atoms with van der Waals surface area (Å²) in [6, 6.07) is 7.97. The maximum absolute atomic E-state index is 6.44. The van der Waals surface area contributed by atoms with Gasteiger partial charge in [0.25, 0.3) is 0 Å². The lowest BCUT2D eigenvalue weighted by molar-refractivity contribution is -0.0563. The van der Waals surface area contributed by atoms with Crippen LogP contribution in [0.25, 0.3) is 11.1 Å². The first kappa shape index (κ1) is 19.4. The Morgan fingerprint density at radius 3 is 2.66 bits per heavy atom. The van der Waals surface area contributed by atoms with E-state index in [0.717, 1.165) is 61.5 Å². The molecule has 2 fully saturated rings. The maximum Gasteiger partial charge on any atom is 0.228 e. The van der Waals surface area contributed by atoms with Crippen LogP contribution in [0.3, 0.4) is 0 Å². The normalized spacial score (nSPS) is 19.1. The summed E-state index contributed by atoms with van der Waals surface area (Å²) in [5, 5.41) is 6.63. The molecule has 0 atom stereocenters. The van der Waals surface area contributed by atoms with Gasteiger partial charge in [0, 0.05) is 62.5 Å². The van der Waals surface area contributed by atoms with E-state index in [2.05, 4.69) is 36.6 Å². The molecular weight excluding hydrogens is 406 g/mol. The summed E-state index contributed by atoms with van der Waals surface area (Å²) >= 11 is 0. The van der Waals surface area contributed by atoms with E-state index < -0.39 is 5.60 Å². The topological polar surface area (TPSA) is 97.3 Å². The Hall–Kier alpha value is -3.30. The second-order valence-electron chi connectivity index (χ2n) is 8.28. The van der Waals surface area contributed by atoms with Crippen LogP contribution < -0.4 is 20.3 Å². The average molecular weight is 432 g/mol. The van der Waals surface area contributed by atoms with Crippen molar-refractivity contribution in [3.63, 3.8) is 0 Å². The van der Waals surface area contributed by atoms with Crippen LogP contribution in [0.2, 0.25) is 0 Å². The van der Waals surface area contributed by atoms with Crippen molar-refractivity contribution in [3.8, 4) is 17.0 Å². The van der Waals surface area contributed by atoms with Gasteiger partial charge in [0.2, 0.25) is 11.8 Å². The standard InChI is InChI=1S/C23H25N7O2/c1-2-17-18-15-27-22(28-19-4-3-16(14-26-19)30-10-8-24-9-11-30)29-20(18)23(5-12-31-13-6-23)32-21(17)25-7-1/h1-4,7,14-15,24H,5-6,8-13H2,(H,26,27,28,29). The second-order valence-corrected chi connectivity index (χ2v) is 8.28. The molecule has 0 amide bonds. The summed E-state index contributed by atoms with van der Waals surface area (Å²) in [6.45, 7) is 5.23. The summed E-state index contributed by atoms with van der Waals surface area (Å²) < 4.78 is 12.0. The number of hydrogen-bond acceptors (Lipinski definition) is 9. The number of piperazine rings is 1. The monoisotopic (exact) mass is 431 g/mol. The van der Waals surface area contributed by atoms with Gasteiger partial charge in [-0.05, 0) is 24.3 Å². The summed E-state index contributed by atoms with van der Waals surface area (Å²) in [4.78, 5) is 20.9. The molecule has 0 aliphatic carbocycles. The number of aromatic nitrogens is 4. The summed E-state index contributed by atoms with van der Waals surface area (Å²) in [5.41, 5.74) is 3.35. The number of rotatable bonds is 3. The lowest BCUT2D eigenvalue weighted by atomic mass is 9.84. The minimum absolute atomic E-state index is 0.507. The van der Waals surface area contributed by atoms with Crippen molar-refractivity contribution in [1.29, 1.82) is 0 Å². The molecule has 6 rings (SSSR count). The highest BCUT2D eigenvalue weighted by Gasteiger charge is 2.44. The highest BCUT2D eigenvalue weighted by molar-refractivity contribution is 5.73. The van der Waals surface area contributed by atoms with Crippen LogP contribution in [0.4, 0.5) is 17.5 Å². The van der Waals surface area contributed by atoms with Crippen molar-refractivity contribution in [2.45, 2.75) is 18.4 Å². The number of hydrogen-bond donors (Lipinski definition) is 2. The van der Waals surface area contributed by atoms with Gasteiger partial charge >= 0.3 is 0 Å². The molecule has 1 spiro atoms. The second kappa shape index (κ2) is 7.99. The van der Waals surface area contributed by atoms with Gasteiger partial charge in [-0.15, -0.1) is 0 Å². The molecule has 9 heteroatoms. The van der Waals surface area contributed by atoms with Crippen LogP contribution in [-0.4, -0.2) is 59.3 Å². The molecule has 3 aliphatic rings. The zero-order valence-electron chi connectivity index (χ0n) is 17.8. The molecule has 0 radical (unpaired) electrons. The van der Waals surface area contributed by atoms with Gasteiger partial charge in [-0.2, -0.15) is 0 Å². The van der Waals surface area contributed by atoms with E-state index >= 15 is 0 Å². The molecule has 6 heterocycles. The van der Waals surface area contributed by atoms with Crippen LogP contribution in [0.15, 0.2) is 42.9 Å². The van der Waals surface area contributed by atoms with Gasteiger partial charge in [-0.25, -0.2) is 19.9 Å². The van der Waals surface area contributed by atoms with Crippen molar-refractivity contribution >= 4 is 17.5 Å². The van der Waals surface area contributed by atoms with E-state index in [4.69, 9.17) is 14.5 Å². The van der Waals surface area contributed by atoms with Gasteiger partial charge in [0.15, 0.2) is 5.60 Å². The highest BCUT2D eigenvalue weighted by Crippen LogP contribution is 2.47. The Kier molecular flexibility index (Phi) is 4.84. The third-order valence-corrected chi connectivity index (χ3v) is 6.34. The van der Waals surface area contributed by atoms with E-state index in [1.54, 1.807) is 6.20 Å². The third-order valence-electron chi connectivity index (χ3n) is 6.34. The van der Waals surface area contributed by atoms with Crippen LogP contribution in [-0.2, 0) is 10.3 Å². The van der Waals surface area contributed by atoms with E-state index in [9.17, 15) is 0 Å². The summed E-state index contributed by atoms with van der Waals surface area (Å²) in [7, 11) is 0. The fraction of sp³-hybridized carbons (Fsp3) is 0.391. The SMILES string of the molecule is c1cnc2c(c1)-c1cnc(Nc3ccc(N4CCNCC4)cn3)nc1C1(CCOCC1)O2.